The summed E-state index contributed by atoms with van der Waals surface area (Å²) in [6.07, 6.45) is 1.80. The number of carbonyl (C=O) groups is 1. The zero-order chi connectivity index (χ0) is 13.1. The van der Waals surface area contributed by atoms with Gasteiger partial charge in [-0.2, -0.15) is 0 Å². The van der Waals surface area contributed by atoms with Crippen LogP contribution in [0.15, 0.2) is 18.3 Å². The van der Waals surface area contributed by atoms with E-state index in [2.05, 4.69) is 9.88 Å². The number of ether oxygens (including phenoxy) is 1. The van der Waals surface area contributed by atoms with Crippen LogP contribution in [0.4, 0.5) is 0 Å². The highest BCUT2D eigenvalue weighted by Crippen LogP contribution is 2.25. The van der Waals surface area contributed by atoms with E-state index in [1.54, 1.807) is 20.2 Å². The zero-order valence-corrected chi connectivity index (χ0v) is 10.7. The van der Waals surface area contributed by atoms with Crippen LogP contribution in [-0.4, -0.2) is 41.2 Å². The van der Waals surface area contributed by atoms with Crippen LogP contribution in [0.2, 0.25) is 0 Å². The standard InChI is InChI=1S/C13H18N2O3/c1-9(13(16)17)11-7-15(8-11)6-10-3-4-12(18-2)14-5-10/h3-5,9,11H,6-8H2,1-2H3,(H,16,17). The number of pyridine rings is 1. The van der Waals surface area contributed by atoms with Gasteiger partial charge in [0.25, 0.3) is 0 Å². The summed E-state index contributed by atoms with van der Waals surface area (Å²) in [5, 5.41) is 8.91. The second kappa shape index (κ2) is 5.35. The smallest absolute Gasteiger partial charge is 0.306 e. The first-order valence-corrected chi connectivity index (χ1v) is 6.04. The maximum absolute atomic E-state index is 10.8. The van der Waals surface area contributed by atoms with Gasteiger partial charge < -0.3 is 9.84 Å². The first kappa shape index (κ1) is 12.8. The monoisotopic (exact) mass is 250 g/mol. The Kier molecular flexibility index (Phi) is 3.81. The van der Waals surface area contributed by atoms with Crippen molar-refractivity contribution in [3.05, 3.63) is 23.9 Å². The SMILES string of the molecule is COc1ccc(CN2CC(C(C)C(=O)O)C2)cn1. The molecule has 0 aliphatic carbocycles. The second-order valence-corrected chi connectivity index (χ2v) is 4.79. The van der Waals surface area contributed by atoms with E-state index in [0.717, 1.165) is 25.2 Å². The van der Waals surface area contributed by atoms with E-state index in [0.29, 0.717) is 5.88 Å². The summed E-state index contributed by atoms with van der Waals surface area (Å²) in [4.78, 5) is 17.2. The van der Waals surface area contributed by atoms with Crippen LogP contribution in [-0.2, 0) is 11.3 Å². The van der Waals surface area contributed by atoms with Crippen LogP contribution >= 0.6 is 0 Å². The molecule has 0 radical (unpaired) electrons. The summed E-state index contributed by atoms with van der Waals surface area (Å²) < 4.78 is 5.00. The van der Waals surface area contributed by atoms with Gasteiger partial charge in [0.05, 0.1) is 13.0 Å². The zero-order valence-electron chi connectivity index (χ0n) is 10.7. The molecule has 18 heavy (non-hydrogen) atoms. The van der Waals surface area contributed by atoms with Crippen molar-refractivity contribution in [1.29, 1.82) is 0 Å². The molecule has 5 nitrogen and oxygen atoms in total. The molecule has 1 fully saturated rings. The van der Waals surface area contributed by atoms with E-state index < -0.39 is 5.97 Å². The topological polar surface area (TPSA) is 62.7 Å². The van der Waals surface area contributed by atoms with Gasteiger partial charge in [-0.3, -0.25) is 9.69 Å². The van der Waals surface area contributed by atoms with Gasteiger partial charge >= 0.3 is 5.97 Å². The largest absolute Gasteiger partial charge is 0.481 e. The predicted molar refractivity (Wildman–Crippen MR) is 66.4 cm³/mol. The Bertz CT molecular complexity index is 413. The third-order valence-electron chi connectivity index (χ3n) is 3.49. The Morgan fingerprint density at radius 1 is 1.61 bits per heavy atom. The second-order valence-electron chi connectivity index (χ2n) is 4.79. The average Bonchev–Trinajstić information content (AvgIpc) is 2.33. The van der Waals surface area contributed by atoms with Crippen molar-refractivity contribution < 1.29 is 14.6 Å². The Balaban J connectivity index is 1.81. The molecule has 0 amide bonds. The molecule has 1 unspecified atom stereocenters. The van der Waals surface area contributed by atoms with Gasteiger partial charge in [-0.05, 0) is 11.5 Å². The fourth-order valence-electron chi connectivity index (χ4n) is 2.14. The molecule has 1 aromatic rings. The van der Waals surface area contributed by atoms with Crippen molar-refractivity contribution in [1.82, 2.24) is 9.88 Å². The lowest BCUT2D eigenvalue weighted by Gasteiger charge is -2.41. The first-order chi connectivity index (χ1) is 8.60. The van der Waals surface area contributed by atoms with E-state index in [-0.39, 0.29) is 11.8 Å². The summed E-state index contributed by atoms with van der Waals surface area (Å²) >= 11 is 0. The normalized spacial score (nSPS) is 18.1. The number of carboxylic acids is 1. The van der Waals surface area contributed by atoms with Crippen LogP contribution in [0.3, 0.4) is 0 Å². The molecule has 0 aromatic carbocycles. The lowest BCUT2D eigenvalue weighted by molar-refractivity contribution is -0.145. The third-order valence-corrected chi connectivity index (χ3v) is 3.49. The lowest BCUT2D eigenvalue weighted by Crippen LogP contribution is -2.50. The highest BCUT2D eigenvalue weighted by Gasteiger charge is 2.34. The lowest BCUT2D eigenvalue weighted by atomic mass is 9.87. The van der Waals surface area contributed by atoms with Crippen molar-refractivity contribution in [2.24, 2.45) is 11.8 Å². The van der Waals surface area contributed by atoms with Crippen molar-refractivity contribution in [3.63, 3.8) is 0 Å². The third kappa shape index (κ3) is 2.79. The summed E-state index contributed by atoms with van der Waals surface area (Å²) in [5.41, 5.74) is 1.12. The number of methoxy groups -OCH3 is 1. The molecule has 1 aliphatic heterocycles. The van der Waals surface area contributed by atoms with Gasteiger partial charge in [0.1, 0.15) is 0 Å². The van der Waals surface area contributed by atoms with E-state index >= 15 is 0 Å². The number of carboxylic acid groups (broad SMARTS) is 1. The van der Waals surface area contributed by atoms with E-state index in [9.17, 15) is 4.79 Å². The summed E-state index contributed by atoms with van der Waals surface area (Å²) in [6.45, 7) is 4.29. The van der Waals surface area contributed by atoms with Gasteiger partial charge in [-0.1, -0.05) is 13.0 Å². The molecule has 2 heterocycles. The number of hydrogen-bond acceptors (Lipinski definition) is 4. The first-order valence-electron chi connectivity index (χ1n) is 6.04. The fraction of sp³-hybridized carbons (Fsp3) is 0.538. The maximum atomic E-state index is 10.8. The molecule has 2 rings (SSSR count). The molecule has 0 bridgehead atoms. The van der Waals surface area contributed by atoms with Crippen LogP contribution in [0.25, 0.3) is 0 Å². The molecular formula is C13H18N2O3. The molecule has 1 saturated heterocycles. The quantitative estimate of drug-likeness (QED) is 0.852. The molecule has 0 saturated carbocycles. The average molecular weight is 250 g/mol. The van der Waals surface area contributed by atoms with Crippen molar-refractivity contribution in [2.45, 2.75) is 13.5 Å². The molecule has 1 aliphatic rings. The van der Waals surface area contributed by atoms with E-state index in [4.69, 9.17) is 9.84 Å². The van der Waals surface area contributed by atoms with E-state index in [1.807, 2.05) is 12.1 Å². The van der Waals surface area contributed by atoms with Crippen LogP contribution in [0.5, 0.6) is 5.88 Å². The maximum Gasteiger partial charge on any atom is 0.306 e. The van der Waals surface area contributed by atoms with Crippen molar-refractivity contribution >= 4 is 5.97 Å². The number of aromatic nitrogens is 1. The van der Waals surface area contributed by atoms with Gasteiger partial charge in [-0.25, -0.2) is 4.98 Å². The Hall–Kier alpha value is -1.62. The minimum Gasteiger partial charge on any atom is -0.481 e. The highest BCUT2D eigenvalue weighted by atomic mass is 16.5. The van der Waals surface area contributed by atoms with Gasteiger partial charge in [-0.15, -0.1) is 0 Å². The number of hydrogen-bond donors (Lipinski definition) is 1. The number of rotatable bonds is 5. The van der Waals surface area contributed by atoms with Crippen LogP contribution in [0.1, 0.15) is 12.5 Å². The highest BCUT2D eigenvalue weighted by molar-refractivity contribution is 5.70. The minimum atomic E-state index is -0.703. The van der Waals surface area contributed by atoms with Crippen molar-refractivity contribution in [3.8, 4) is 5.88 Å². The van der Waals surface area contributed by atoms with Crippen molar-refractivity contribution in [2.75, 3.05) is 20.2 Å². The Morgan fingerprint density at radius 2 is 2.33 bits per heavy atom. The summed E-state index contributed by atoms with van der Waals surface area (Å²) in [5.74, 6) is -0.0746. The Morgan fingerprint density at radius 3 is 2.83 bits per heavy atom. The molecule has 98 valence electrons. The van der Waals surface area contributed by atoms with Crippen LogP contribution in [0, 0.1) is 11.8 Å². The molecule has 1 atom stereocenters. The van der Waals surface area contributed by atoms with Gasteiger partial charge in [0.2, 0.25) is 5.88 Å². The fourth-order valence-corrected chi connectivity index (χ4v) is 2.14. The van der Waals surface area contributed by atoms with Gasteiger partial charge in [0, 0.05) is 31.9 Å². The molecule has 1 N–H and O–H groups in total. The summed E-state index contributed by atoms with van der Waals surface area (Å²) in [6, 6.07) is 3.83. The predicted octanol–water partition coefficient (Wildman–Crippen LogP) is 1.24. The number of nitrogens with zero attached hydrogens (tertiary/aromatic N) is 2. The number of aliphatic carboxylic acids is 1. The molecule has 5 heteroatoms. The minimum absolute atomic E-state index is 0.254. The van der Waals surface area contributed by atoms with E-state index in [1.165, 1.54) is 0 Å². The summed E-state index contributed by atoms with van der Waals surface area (Å²) in [7, 11) is 1.59. The van der Waals surface area contributed by atoms with Crippen LogP contribution < -0.4 is 4.74 Å². The molecular weight excluding hydrogens is 232 g/mol. The van der Waals surface area contributed by atoms with Gasteiger partial charge in [0.15, 0.2) is 0 Å². The molecule has 0 spiro atoms. The molecule has 1 aromatic heterocycles. The Labute approximate surface area is 106 Å². The number of likely N-dealkylation sites (tertiary alicyclic amines) is 1.